The van der Waals surface area contributed by atoms with Gasteiger partial charge in [0.05, 0.1) is 16.8 Å². The van der Waals surface area contributed by atoms with Crippen molar-refractivity contribution in [3.8, 4) is 5.75 Å². The molecule has 0 radical (unpaired) electrons. The van der Waals surface area contributed by atoms with Crippen molar-refractivity contribution in [3.05, 3.63) is 52.9 Å². The van der Waals surface area contributed by atoms with Crippen LogP contribution >= 0.6 is 11.6 Å². The van der Waals surface area contributed by atoms with Crippen LogP contribution < -0.4 is 4.74 Å². The van der Waals surface area contributed by atoms with Crippen molar-refractivity contribution < 1.29 is 13.9 Å². The van der Waals surface area contributed by atoms with E-state index in [9.17, 15) is 4.79 Å². The second-order valence-electron chi connectivity index (χ2n) is 3.14. The standard InChI is InChI=1S/C12H9ClO3/c13-11-4-1-5-12(10(11)7-14)16-8-9-3-2-6-15-9/h1-7H,8H2. The molecule has 1 aromatic heterocycles. The maximum atomic E-state index is 10.8. The van der Waals surface area contributed by atoms with E-state index in [0.717, 1.165) is 0 Å². The van der Waals surface area contributed by atoms with Gasteiger partial charge in [0.2, 0.25) is 0 Å². The predicted molar refractivity (Wildman–Crippen MR) is 59.9 cm³/mol. The molecule has 1 heterocycles. The zero-order valence-corrected chi connectivity index (χ0v) is 9.11. The van der Waals surface area contributed by atoms with E-state index in [0.29, 0.717) is 28.4 Å². The second kappa shape index (κ2) is 4.86. The lowest BCUT2D eigenvalue weighted by molar-refractivity contribution is 0.111. The van der Waals surface area contributed by atoms with Gasteiger partial charge in [0.25, 0.3) is 0 Å². The van der Waals surface area contributed by atoms with E-state index < -0.39 is 0 Å². The van der Waals surface area contributed by atoms with Crippen LogP contribution in [0.4, 0.5) is 0 Å². The molecule has 82 valence electrons. The van der Waals surface area contributed by atoms with Crippen molar-refractivity contribution in [2.24, 2.45) is 0 Å². The Kier molecular flexibility index (Phi) is 3.27. The Labute approximate surface area is 97.6 Å². The summed E-state index contributed by atoms with van der Waals surface area (Å²) in [5.74, 6) is 1.15. The highest BCUT2D eigenvalue weighted by molar-refractivity contribution is 6.33. The molecule has 0 saturated carbocycles. The van der Waals surface area contributed by atoms with Crippen LogP contribution in [0.25, 0.3) is 0 Å². The third-order valence-electron chi connectivity index (χ3n) is 2.08. The lowest BCUT2D eigenvalue weighted by Gasteiger charge is -2.07. The summed E-state index contributed by atoms with van der Waals surface area (Å²) in [6, 6.07) is 8.64. The molecular weight excluding hydrogens is 228 g/mol. The second-order valence-corrected chi connectivity index (χ2v) is 3.54. The third kappa shape index (κ3) is 2.25. The smallest absolute Gasteiger partial charge is 0.155 e. The van der Waals surface area contributed by atoms with Crippen LogP contribution in [-0.4, -0.2) is 6.29 Å². The van der Waals surface area contributed by atoms with Crippen molar-refractivity contribution in [3.63, 3.8) is 0 Å². The molecule has 0 amide bonds. The molecule has 2 rings (SSSR count). The molecule has 0 aliphatic carbocycles. The number of carbonyl (C=O) groups excluding carboxylic acids is 1. The maximum Gasteiger partial charge on any atom is 0.155 e. The number of hydrogen-bond acceptors (Lipinski definition) is 3. The number of aldehydes is 1. The first-order chi connectivity index (χ1) is 7.81. The van der Waals surface area contributed by atoms with Crippen molar-refractivity contribution in [2.45, 2.75) is 6.61 Å². The van der Waals surface area contributed by atoms with Gasteiger partial charge in [-0.05, 0) is 24.3 Å². The minimum absolute atomic E-state index is 0.272. The predicted octanol–water partition coefficient (Wildman–Crippen LogP) is 3.32. The Morgan fingerprint density at radius 2 is 2.19 bits per heavy atom. The molecule has 16 heavy (non-hydrogen) atoms. The highest BCUT2D eigenvalue weighted by Crippen LogP contribution is 2.25. The summed E-state index contributed by atoms with van der Waals surface area (Å²) in [4.78, 5) is 10.8. The average molecular weight is 237 g/mol. The van der Waals surface area contributed by atoms with Crippen LogP contribution in [0.2, 0.25) is 5.02 Å². The molecule has 2 aromatic rings. The lowest BCUT2D eigenvalue weighted by atomic mass is 10.2. The van der Waals surface area contributed by atoms with E-state index in [1.807, 2.05) is 0 Å². The van der Waals surface area contributed by atoms with Crippen molar-refractivity contribution in [2.75, 3.05) is 0 Å². The molecule has 3 nitrogen and oxygen atoms in total. The molecule has 0 N–H and O–H groups in total. The third-order valence-corrected chi connectivity index (χ3v) is 2.41. The Hall–Kier alpha value is -1.74. The molecule has 0 saturated heterocycles. The van der Waals surface area contributed by atoms with Crippen molar-refractivity contribution in [1.82, 2.24) is 0 Å². The van der Waals surface area contributed by atoms with Crippen LogP contribution in [0, 0.1) is 0 Å². The van der Waals surface area contributed by atoms with E-state index in [1.54, 1.807) is 36.6 Å². The summed E-state index contributed by atoms with van der Waals surface area (Å²) in [6.45, 7) is 0.272. The van der Waals surface area contributed by atoms with E-state index in [-0.39, 0.29) is 6.61 Å². The Bertz CT molecular complexity index is 477. The minimum Gasteiger partial charge on any atom is -0.485 e. The first-order valence-electron chi connectivity index (χ1n) is 4.70. The Morgan fingerprint density at radius 1 is 1.31 bits per heavy atom. The quantitative estimate of drug-likeness (QED) is 0.765. The number of furan rings is 1. The number of rotatable bonds is 4. The monoisotopic (exact) mass is 236 g/mol. The molecular formula is C12H9ClO3. The molecule has 0 unspecified atom stereocenters. The zero-order chi connectivity index (χ0) is 11.4. The zero-order valence-electron chi connectivity index (χ0n) is 8.35. The Balaban J connectivity index is 2.15. The molecule has 0 spiro atoms. The van der Waals surface area contributed by atoms with Gasteiger partial charge in [-0.2, -0.15) is 0 Å². The molecule has 1 aromatic carbocycles. The van der Waals surface area contributed by atoms with Gasteiger partial charge in [-0.15, -0.1) is 0 Å². The van der Waals surface area contributed by atoms with Crippen molar-refractivity contribution >= 4 is 17.9 Å². The van der Waals surface area contributed by atoms with E-state index in [2.05, 4.69) is 0 Å². The molecule has 0 atom stereocenters. The first kappa shape index (κ1) is 10.8. The number of benzene rings is 1. The van der Waals surface area contributed by atoms with Gasteiger partial charge in [-0.1, -0.05) is 17.7 Å². The van der Waals surface area contributed by atoms with Gasteiger partial charge in [-0.3, -0.25) is 4.79 Å². The van der Waals surface area contributed by atoms with Gasteiger partial charge in [-0.25, -0.2) is 0 Å². The van der Waals surface area contributed by atoms with Crippen LogP contribution in [0.15, 0.2) is 41.0 Å². The van der Waals surface area contributed by atoms with Gasteiger partial charge in [0.1, 0.15) is 18.1 Å². The topological polar surface area (TPSA) is 39.4 Å². The van der Waals surface area contributed by atoms with Crippen LogP contribution in [0.1, 0.15) is 16.1 Å². The minimum atomic E-state index is 0.272. The van der Waals surface area contributed by atoms with Gasteiger partial charge < -0.3 is 9.15 Å². The number of halogens is 1. The summed E-state index contributed by atoms with van der Waals surface area (Å²) in [5.41, 5.74) is 0.357. The fourth-order valence-electron chi connectivity index (χ4n) is 1.30. The van der Waals surface area contributed by atoms with E-state index >= 15 is 0 Å². The van der Waals surface area contributed by atoms with Crippen LogP contribution in [-0.2, 0) is 6.61 Å². The van der Waals surface area contributed by atoms with Crippen molar-refractivity contribution in [1.29, 1.82) is 0 Å². The molecule has 0 bridgehead atoms. The Morgan fingerprint density at radius 3 is 2.88 bits per heavy atom. The summed E-state index contributed by atoms with van der Waals surface area (Å²) >= 11 is 5.86. The molecule has 0 aliphatic heterocycles. The highest BCUT2D eigenvalue weighted by Gasteiger charge is 2.07. The van der Waals surface area contributed by atoms with E-state index in [1.165, 1.54) is 0 Å². The highest BCUT2D eigenvalue weighted by atomic mass is 35.5. The number of hydrogen-bond donors (Lipinski definition) is 0. The fourth-order valence-corrected chi connectivity index (χ4v) is 1.51. The lowest BCUT2D eigenvalue weighted by Crippen LogP contribution is -1.97. The molecule has 0 aliphatic rings. The normalized spacial score (nSPS) is 10.1. The summed E-state index contributed by atoms with van der Waals surface area (Å²) in [5, 5.41) is 0.381. The summed E-state index contributed by atoms with van der Waals surface area (Å²) in [6.07, 6.45) is 2.25. The largest absolute Gasteiger partial charge is 0.485 e. The SMILES string of the molecule is O=Cc1c(Cl)cccc1OCc1ccco1. The van der Waals surface area contributed by atoms with Crippen LogP contribution in [0.5, 0.6) is 5.75 Å². The average Bonchev–Trinajstić information content (AvgIpc) is 2.79. The number of carbonyl (C=O) groups is 1. The van der Waals surface area contributed by atoms with Gasteiger partial charge in [0, 0.05) is 0 Å². The van der Waals surface area contributed by atoms with Gasteiger partial charge >= 0.3 is 0 Å². The van der Waals surface area contributed by atoms with Crippen LogP contribution in [0.3, 0.4) is 0 Å². The molecule has 4 heteroatoms. The molecule has 0 fully saturated rings. The summed E-state index contributed by atoms with van der Waals surface area (Å²) < 4.78 is 10.6. The summed E-state index contributed by atoms with van der Waals surface area (Å²) in [7, 11) is 0. The maximum absolute atomic E-state index is 10.8. The van der Waals surface area contributed by atoms with Gasteiger partial charge in [0.15, 0.2) is 6.29 Å². The van der Waals surface area contributed by atoms with E-state index in [4.69, 9.17) is 20.8 Å². The first-order valence-corrected chi connectivity index (χ1v) is 5.08. The fraction of sp³-hybridized carbons (Fsp3) is 0.0833. The number of ether oxygens (including phenoxy) is 1.